The van der Waals surface area contributed by atoms with E-state index in [1.54, 1.807) is 6.20 Å². The van der Waals surface area contributed by atoms with Crippen molar-refractivity contribution in [3.8, 4) is 0 Å². The first-order valence-corrected chi connectivity index (χ1v) is 5.38. The van der Waals surface area contributed by atoms with Gasteiger partial charge in [-0.1, -0.05) is 0 Å². The van der Waals surface area contributed by atoms with Gasteiger partial charge in [-0.3, -0.25) is 4.79 Å². The topological polar surface area (TPSA) is 107 Å². The molecule has 0 bridgehead atoms. The molecule has 17 heavy (non-hydrogen) atoms. The Bertz CT molecular complexity index is 568. The van der Waals surface area contributed by atoms with Crippen LogP contribution in [0.15, 0.2) is 21.4 Å². The number of nitrogens with one attached hydrogen (secondary N) is 1. The maximum Gasteiger partial charge on any atom is 0.282 e. The Hall–Kier alpha value is -1.96. The van der Waals surface area contributed by atoms with Crippen LogP contribution in [-0.2, 0) is 0 Å². The molecule has 2 rings (SSSR count). The third-order valence-electron chi connectivity index (χ3n) is 2.01. The van der Waals surface area contributed by atoms with Crippen LogP contribution in [0.3, 0.4) is 0 Å². The number of aryl methyl sites for hydroxylation is 1. The highest BCUT2D eigenvalue weighted by molar-refractivity contribution is 9.10. The normalized spacial score (nSPS) is 10.2. The molecule has 88 valence electrons. The molecule has 1 amide bonds. The molecule has 0 aliphatic carbocycles. The van der Waals surface area contributed by atoms with Crippen molar-refractivity contribution < 1.29 is 9.42 Å². The number of hydrogen-bond donors (Lipinski definition) is 2. The van der Waals surface area contributed by atoms with E-state index >= 15 is 0 Å². The Balaban J connectivity index is 2.22. The van der Waals surface area contributed by atoms with Crippen LogP contribution in [0.4, 0.5) is 11.6 Å². The Labute approximate surface area is 104 Å². The summed E-state index contributed by atoms with van der Waals surface area (Å²) in [5.74, 6) is -0.139. The first-order chi connectivity index (χ1) is 8.08. The molecule has 0 unspecified atom stereocenters. The van der Waals surface area contributed by atoms with Crippen molar-refractivity contribution in [1.82, 2.24) is 15.3 Å². The molecule has 0 radical (unpaired) electrons. The molecule has 0 fully saturated rings. The lowest BCUT2D eigenvalue weighted by Crippen LogP contribution is -2.15. The number of amides is 1. The summed E-state index contributed by atoms with van der Waals surface area (Å²) in [4.78, 5) is 15.8. The maximum absolute atomic E-state index is 11.7. The lowest BCUT2D eigenvalue weighted by Gasteiger charge is -2.05. The van der Waals surface area contributed by atoms with Gasteiger partial charge in [-0.05, 0) is 44.8 Å². The van der Waals surface area contributed by atoms with E-state index in [9.17, 15) is 4.79 Å². The summed E-state index contributed by atoms with van der Waals surface area (Å²) in [6.45, 7) is 1.82. The number of aromatic nitrogens is 3. The van der Waals surface area contributed by atoms with Crippen LogP contribution >= 0.6 is 15.9 Å². The Morgan fingerprint density at radius 1 is 1.53 bits per heavy atom. The zero-order chi connectivity index (χ0) is 12.4. The Morgan fingerprint density at radius 3 is 2.88 bits per heavy atom. The van der Waals surface area contributed by atoms with E-state index in [0.717, 1.165) is 10.0 Å². The summed E-state index contributed by atoms with van der Waals surface area (Å²) >= 11 is 3.28. The number of nitrogen functional groups attached to an aromatic ring is 1. The molecule has 2 aromatic heterocycles. The van der Waals surface area contributed by atoms with E-state index < -0.39 is 5.91 Å². The van der Waals surface area contributed by atoms with Gasteiger partial charge in [0.05, 0.1) is 0 Å². The number of pyridine rings is 1. The summed E-state index contributed by atoms with van der Waals surface area (Å²) in [6.07, 6.45) is 1.58. The second-order valence-corrected chi connectivity index (χ2v) is 4.19. The first-order valence-electron chi connectivity index (χ1n) is 4.59. The van der Waals surface area contributed by atoms with Crippen LogP contribution in [0.25, 0.3) is 0 Å². The first kappa shape index (κ1) is 11.5. The molecule has 0 spiro atoms. The molecule has 7 nitrogen and oxygen atoms in total. The van der Waals surface area contributed by atoms with E-state index in [0.29, 0.717) is 5.82 Å². The maximum atomic E-state index is 11.7. The zero-order valence-electron chi connectivity index (χ0n) is 8.77. The van der Waals surface area contributed by atoms with Gasteiger partial charge in [-0.2, -0.15) is 0 Å². The minimum Gasteiger partial charge on any atom is -0.379 e. The predicted molar refractivity (Wildman–Crippen MR) is 63.3 cm³/mol. The highest BCUT2D eigenvalue weighted by Crippen LogP contribution is 2.17. The van der Waals surface area contributed by atoms with Crippen molar-refractivity contribution in [3.63, 3.8) is 0 Å². The molecule has 2 aromatic rings. The molecular formula is C9H8BrN5O2. The number of nitrogens with two attached hydrogens (primary N) is 1. The van der Waals surface area contributed by atoms with Gasteiger partial charge in [0.15, 0.2) is 0 Å². The third-order valence-corrected chi connectivity index (χ3v) is 2.44. The van der Waals surface area contributed by atoms with Crippen molar-refractivity contribution in [3.05, 3.63) is 28.0 Å². The van der Waals surface area contributed by atoms with Crippen LogP contribution in [0.2, 0.25) is 0 Å². The highest BCUT2D eigenvalue weighted by Gasteiger charge is 2.17. The lowest BCUT2D eigenvalue weighted by molar-refractivity contribution is 0.101. The largest absolute Gasteiger partial charge is 0.379 e. The minimum absolute atomic E-state index is 0.0581. The third kappa shape index (κ3) is 2.41. The van der Waals surface area contributed by atoms with Crippen molar-refractivity contribution in [2.24, 2.45) is 0 Å². The fraction of sp³-hybridized carbons (Fsp3) is 0.111. The molecule has 2 heterocycles. The fourth-order valence-corrected chi connectivity index (χ4v) is 1.64. The summed E-state index contributed by atoms with van der Waals surface area (Å²) < 4.78 is 5.17. The van der Waals surface area contributed by atoms with Gasteiger partial charge in [0.2, 0.25) is 11.5 Å². The molecule has 0 aliphatic rings. The molecule has 3 N–H and O–H groups in total. The van der Waals surface area contributed by atoms with Crippen molar-refractivity contribution in [2.45, 2.75) is 6.92 Å². The van der Waals surface area contributed by atoms with E-state index in [2.05, 4.69) is 41.2 Å². The van der Waals surface area contributed by atoms with Crippen LogP contribution in [-0.4, -0.2) is 21.2 Å². The van der Waals surface area contributed by atoms with Crippen LogP contribution < -0.4 is 11.1 Å². The Kier molecular flexibility index (Phi) is 3.05. The SMILES string of the molecule is Cc1cc(Br)cnc1NC(=O)c1nonc1N. The average molecular weight is 298 g/mol. The van der Waals surface area contributed by atoms with Gasteiger partial charge in [0, 0.05) is 10.7 Å². The summed E-state index contributed by atoms with van der Waals surface area (Å²) in [6, 6.07) is 1.83. The van der Waals surface area contributed by atoms with E-state index in [1.165, 1.54) is 0 Å². The summed E-state index contributed by atoms with van der Waals surface area (Å²) in [7, 11) is 0. The van der Waals surface area contributed by atoms with E-state index in [-0.39, 0.29) is 11.5 Å². The number of halogens is 1. The zero-order valence-corrected chi connectivity index (χ0v) is 10.4. The monoisotopic (exact) mass is 297 g/mol. The molecule has 0 aromatic carbocycles. The number of hydrogen-bond acceptors (Lipinski definition) is 6. The van der Waals surface area contributed by atoms with Crippen molar-refractivity contribution >= 4 is 33.5 Å². The van der Waals surface area contributed by atoms with E-state index in [4.69, 9.17) is 5.73 Å². The number of rotatable bonds is 2. The van der Waals surface area contributed by atoms with Gasteiger partial charge in [0.1, 0.15) is 5.82 Å². The quantitative estimate of drug-likeness (QED) is 0.867. The average Bonchev–Trinajstić information content (AvgIpc) is 2.68. The van der Waals surface area contributed by atoms with Gasteiger partial charge >= 0.3 is 0 Å². The van der Waals surface area contributed by atoms with Gasteiger partial charge in [0.25, 0.3) is 5.91 Å². The lowest BCUT2D eigenvalue weighted by atomic mass is 10.3. The van der Waals surface area contributed by atoms with Gasteiger partial charge in [-0.25, -0.2) is 9.61 Å². The highest BCUT2D eigenvalue weighted by atomic mass is 79.9. The van der Waals surface area contributed by atoms with Crippen LogP contribution in [0.1, 0.15) is 16.1 Å². The summed E-state index contributed by atoms with van der Waals surface area (Å²) in [5.41, 5.74) is 6.15. The predicted octanol–water partition coefficient (Wildman–Crippen LogP) is 1.37. The fourth-order valence-electron chi connectivity index (χ4n) is 1.19. The number of carbonyl (C=O) groups is 1. The molecule has 0 aliphatic heterocycles. The van der Waals surface area contributed by atoms with Gasteiger partial charge < -0.3 is 11.1 Å². The van der Waals surface area contributed by atoms with Crippen molar-refractivity contribution in [2.75, 3.05) is 11.1 Å². The van der Waals surface area contributed by atoms with Crippen LogP contribution in [0, 0.1) is 6.92 Å². The molecule has 0 saturated heterocycles. The number of anilines is 2. The van der Waals surface area contributed by atoms with Gasteiger partial charge in [-0.15, -0.1) is 0 Å². The standard InChI is InChI=1S/C9H8BrN5O2/c1-4-2-5(10)3-12-8(4)13-9(16)6-7(11)15-17-14-6/h2-3H,1H3,(H2,11,15)(H,12,13,16). The molecule has 8 heteroatoms. The second-order valence-electron chi connectivity index (χ2n) is 3.27. The minimum atomic E-state index is -0.512. The number of carbonyl (C=O) groups excluding carboxylic acids is 1. The molecule has 0 atom stereocenters. The summed E-state index contributed by atoms with van der Waals surface area (Å²) in [5, 5.41) is 9.28. The Morgan fingerprint density at radius 2 is 2.29 bits per heavy atom. The number of nitrogens with zero attached hydrogens (tertiary/aromatic N) is 3. The molecular weight excluding hydrogens is 290 g/mol. The second kappa shape index (κ2) is 4.50. The van der Waals surface area contributed by atoms with E-state index in [1.807, 2.05) is 13.0 Å². The molecule has 0 saturated carbocycles. The van der Waals surface area contributed by atoms with Crippen molar-refractivity contribution in [1.29, 1.82) is 0 Å². The smallest absolute Gasteiger partial charge is 0.282 e. The van der Waals surface area contributed by atoms with Crippen LogP contribution in [0.5, 0.6) is 0 Å².